The quantitative estimate of drug-likeness (QED) is 0.742. The van der Waals surface area contributed by atoms with E-state index in [9.17, 15) is 4.79 Å². The molecular weight excluding hydrogens is 324 g/mol. The number of nitrogens with zero attached hydrogens (tertiary/aromatic N) is 3. The van der Waals surface area contributed by atoms with Crippen molar-refractivity contribution in [1.29, 1.82) is 0 Å². The number of benzene rings is 2. The topological polar surface area (TPSA) is 50.2 Å². The molecule has 0 bridgehead atoms. The van der Waals surface area contributed by atoms with E-state index in [0.717, 1.165) is 11.3 Å². The third-order valence-electron chi connectivity index (χ3n) is 4.39. The Morgan fingerprint density at radius 2 is 1.96 bits per heavy atom. The van der Waals surface area contributed by atoms with Crippen molar-refractivity contribution in [3.05, 3.63) is 83.9 Å². The maximum atomic E-state index is 12.1. The fraction of sp³-hybridized carbons (Fsp3) is 0.238. The predicted octanol–water partition coefficient (Wildman–Crippen LogP) is 3.42. The zero-order valence-electron chi connectivity index (χ0n) is 15.4. The van der Waals surface area contributed by atoms with E-state index in [0.29, 0.717) is 12.1 Å². The van der Waals surface area contributed by atoms with Crippen LogP contribution in [0.3, 0.4) is 0 Å². The standard InChI is InChI=1S/C21H24N4O/c1-16(18-7-9-20(10-8-18)25-12-11-22-15-25)23-14-17-5-4-6-19(13-17)21(26)24(2)3/h4-13,15-16,23H,14H2,1-3H3. The molecule has 134 valence electrons. The van der Waals surface area contributed by atoms with E-state index in [4.69, 9.17) is 0 Å². The van der Waals surface area contributed by atoms with Crippen LogP contribution in [0.25, 0.3) is 5.69 Å². The summed E-state index contributed by atoms with van der Waals surface area (Å²) in [6.07, 6.45) is 5.49. The number of nitrogens with one attached hydrogen (secondary N) is 1. The average molecular weight is 348 g/mol. The summed E-state index contributed by atoms with van der Waals surface area (Å²) in [5, 5.41) is 3.52. The molecule has 3 aromatic rings. The van der Waals surface area contributed by atoms with Crippen molar-refractivity contribution in [2.45, 2.75) is 19.5 Å². The number of hydrogen-bond donors (Lipinski definition) is 1. The van der Waals surface area contributed by atoms with Gasteiger partial charge in [-0.1, -0.05) is 24.3 Å². The van der Waals surface area contributed by atoms with Gasteiger partial charge < -0.3 is 14.8 Å². The van der Waals surface area contributed by atoms with Gasteiger partial charge in [-0.25, -0.2) is 4.98 Å². The maximum Gasteiger partial charge on any atom is 0.253 e. The van der Waals surface area contributed by atoms with E-state index in [1.54, 1.807) is 31.5 Å². The third-order valence-corrected chi connectivity index (χ3v) is 4.39. The van der Waals surface area contributed by atoms with Crippen molar-refractivity contribution >= 4 is 5.91 Å². The lowest BCUT2D eigenvalue weighted by atomic mass is 10.1. The van der Waals surface area contributed by atoms with Crippen LogP contribution in [0, 0.1) is 0 Å². The summed E-state index contributed by atoms with van der Waals surface area (Å²) in [7, 11) is 3.53. The summed E-state index contributed by atoms with van der Waals surface area (Å²) in [4.78, 5) is 17.8. The van der Waals surface area contributed by atoms with Crippen LogP contribution in [-0.4, -0.2) is 34.5 Å². The number of amides is 1. The molecule has 0 aliphatic carbocycles. The molecule has 0 aliphatic heterocycles. The summed E-state index contributed by atoms with van der Waals surface area (Å²) >= 11 is 0. The van der Waals surface area contributed by atoms with Crippen molar-refractivity contribution in [3.8, 4) is 5.69 Å². The molecule has 26 heavy (non-hydrogen) atoms. The Morgan fingerprint density at radius 3 is 2.62 bits per heavy atom. The number of carbonyl (C=O) groups excluding carboxylic acids is 1. The molecule has 0 saturated carbocycles. The SMILES string of the molecule is CC(NCc1cccc(C(=O)N(C)C)c1)c1ccc(-n2ccnc2)cc1. The Balaban J connectivity index is 1.63. The first kappa shape index (κ1) is 17.9. The van der Waals surface area contributed by atoms with Crippen molar-refractivity contribution in [2.75, 3.05) is 14.1 Å². The van der Waals surface area contributed by atoms with Gasteiger partial charge in [-0.05, 0) is 42.3 Å². The first-order valence-corrected chi connectivity index (χ1v) is 8.67. The summed E-state index contributed by atoms with van der Waals surface area (Å²) in [5.74, 6) is 0.0231. The van der Waals surface area contributed by atoms with Gasteiger partial charge in [0.2, 0.25) is 0 Å². The van der Waals surface area contributed by atoms with Gasteiger partial charge in [-0.3, -0.25) is 4.79 Å². The van der Waals surface area contributed by atoms with E-state index >= 15 is 0 Å². The molecule has 0 radical (unpaired) electrons. The summed E-state index contributed by atoms with van der Waals surface area (Å²) in [5.41, 5.74) is 4.12. The largest absolute Gasteiger partial charge is 0.345 e. The number of hydrogen-bond acceptors (Lipinski definition) is 3. The van der Waals surface area contributed by atoms with Gasteiger partial charge in [-0.2, -0.15) is 0 Å². The third kappa shape index (κ3) is 4.18. The van der Waals surface area contributed by atoms with Crippen LogP contribution < -0.4 is 5.32 Å². The van der Waals surface area contributed by atoms with E-state index in [1.807, 2.05) is 35.0 Å². The molecule has 1 heterocycles. The zero-order valence-corrected chi connectivity index (χ0v) is 15.4. The molecule has 3 rings (SSSR count). The van der Waals surface area contributed by atoms with E-state index in [2.05, 4.69) is 41.5 Å². The first-order chi connectivity index (χ1) is 12.5. The van der Waals surface area contributed by atoms with Crippen molar-refractivity contribution in [1.82, 2.24) is 19.8 Å². The van der Waals surface area contributed by atoms with E-state index in [1.165, 1.54) is 5.56 Å². The highest BCUT2D eigenvalue weighted by Crippen LogP contribution is 2.16. The van der Waals surface area contributed by atoms with Crippen molar-refractivity contribution in [3.63, 3.8) is 0 Å². The first-order valence-electron chi connectivity index (χ1n) is 8.67. The summed E-state index contributed by atoms with van der Waals surface area (Å²) in [6, 6.07) is 16.4. The molecule has 1 amide bonds. The normalized spacial score (nSPS) is 12.0. The average Bonchev–Trinajstić information content (AvgIpc) is 3.20. The van der Waals surface area contributed by atoms with E-state index < -0.39 is 0 Å². The molecule has 1 aromatic heterocycles. The van der Waals surface area contributed by atoms with Gasteiger partial charge in [0.15, 0.2) is 0 Å². The van der Waals surface area contributed by atoms with Gasteiger partial charge in [0.1, 0.15) is 0 Å². The Labute approximate surface area is 154 Å². The lowest BCUT2D eigenvalue weighted by molar-refractivity contribution is 0.0827. The Hall–Kier alpha value is -2.92. The highest BCUT2D eigenvalue weighted by molar-refractivity contribution is 5.94. The molecule has 5 heteroatoms. The molecular formula is C21H24N4O. The van der Waals surface area contributed by atoms with Gasteiger partial charge in [0.25, 0.3) is 5.91 Å². The van der Waals surface area contributed by atoms with E-state index in [-0.39, 0.29) is 11.9 Å². The van der Waals surface area contributed by atoms with Crippen LogP contribution in [0.4, 0.5) is 0 Å². The molecule has 1 atom stereocenters. The smallest absolute Gasteiger partial charge is 0.253 e. The molecule has 1 unspecified atom stereocenters. The van der Waals surface area contributed by atoms with Crippen molar-refractivity contribution in [2.24, 2.45) is 0 Å². The minimum atomic E-state index is 0.0231. The highest BCUT2D eigenvalue weighted by atomic mass is 16.2. The number of carbonyl (C=O) groups is 1. The van der Waals surface area contributed by atoms with Crippen LogP contribution in [0.2, 0.25) is 0 Å². The van der Waals surface area contributed by atoms with Crippen LogP contribution in [-0.2, 0) is 6.54 Å². The maximum absolute atomic E-state index is 12.1. The van der Waals surface area contributed by atoms with Crippen LogP contribution in [0.1, 0.15) is 34.5 Å². The zero-order chi connectivity index (χ0) is 18.5. The Kier molecular flexibility index (Phi) is 5.49. The number of imidazole rings is 1. The Morgan fingerprint density at radius 1 is 1.19 bits per heavy atom. The Bertz CT molecular complexity index is 854. The van der Waals surface area contributed by atoms with Gasteiger partial charge in [0, 0.05) is 50.3 Å². The molecule has 5 nitrogen and oxygen atoms in total. The minimum absolute atomic E-state index is 0.0231. The lowest BCUT2D eigenvalue weighted by Crippen LogP contribution is -2.22. The minimum Gasteiger partial charge on any atom is -0.345 e. The van der Waals surface area contributed by atoms with Crippen molar-refractivity contribution < 1.29 is 4.79 Å². The molecule has 0 aliphatic rings. The molecule has 0 spiro atoms. The van der Waals surface area contributed by atoms with Gasteiger partial charge in [0.05, 0.1) is 6.33 Å². The van der Waals surface area contributed by atoms with Gasteiger partial charge >= 0.3 is 0 Å². The lowest BCUT2D eigenvalue weighted by Gasteiger charge is -2.16. The summed E-state index contributed by atoms with van der Waals surface area (Å²) in [6.45, 7) is 2.85. The summed E-state index contributed by atoms with van der Waals surface area (Å²) < 4.78 is 1.98. The number of aromatic nitrogens is 2. The highest BCUT2D eigenvalue weighted by Gasteiger charge is 2.09. The fourth-order valence-electron chi connectivity index (χ4n) is 2.81. The second-order valence-corrected chi connectivity index (χ2v) is 6.56. The monoisotopic (exact) mass is 348 g/mol. The molecule has 0 fully saturated rings. The fourth-order valence-corrected chi connectivity index (χ4v) is 2.81. The van der Waals surface area contributed by atoms with Crippen LogP contribution in [0.5, 0.6) is 0 Å². The van der Waals surface area contributed by atoms with Crippen LogP contribution >= 0.6 is 0 Å². The van der Waals surface area contributed by atoms with Gasteiger partial charge in [-0.15, -0.1) is 0 Å². The predicted molar refractivity (Wildman–Crippen MR) is 103 cm³/mol. The second-order valence-electron chi connectivity index (χ2n) is 6.56. The van der Waals surface area contributed by atoms with Crippen LogP contribution in [0.15, 0.2) is 67.3 Å². The second kappa shape index (κ2) is 7.97. The molecule has 1 N–H and O–H groups in total. The molecule has 0 saturated heterocycles. The molecule has 2 aromatic carbocycles. The number of rotatable bonds is 6.